The number of anilines is 1. The number of ether oxygens (including phenoxy) is 2. The summed E-state index contributed by atoms with van der Waals surface area (Å²) in [7, 11) is 0. The molecule has 28 heavy (non-hydrogen) atoms. The minimum atomic E-state index is -1.67. The van der Waals surface area contributed by atoms with Crippen LogP contribution in [0.15, 0.2) is 24.3 Å². The van der Waals surface area contributed by atoms with Crippen LogP contribution in [0.1, 0.15) is 45.3 Å². The zero-order chi connectivity index (χ0) is 21.1. The number of hydrogen-bond donors (Lipinski definition) is 2. The number of esters is 1. The van der Waals surface area contributed by atoms with Crippen molar-refractivity contribution < 1.29 is 34.2 Å². The van der Waals surface area contributed by atoms with Gasteiger partial charge in [0.2, 0.25) is 6.10 Å². The first kappa shape index (κ1) is 21.5. The van der Waals surface area contributed by atoms with Crippen LogP contribution >= 0.6 is 0 Å². The third kappa shape index (κ3) is 5.11. The highest BCUT2D eigenvalue weighted by atomic mass is 16.8. The molecule has 1 fully saturated rings. The van der Waals surface area contributed by atoms with Gasteiger partial charge in [0.05, 0.1) is 5.69 Å². The average Bonchev–Trinajstić information content (AvgIpc) is 3.08. The van der Waals surface area contributed by atoms with E-state index >= 15 is 0 Å². The average molecular weight is 395 g/mol. The predicted molar refractivity (Wildman–Crippen MR) is 96.5 cm³/mol. The molecular formula is C18H23N2O8-. The molecule has 1 aromatic rings. The smallest absolute Gasteiger partial charge is 0.411 e. The van der Waals surface area contributed by atoms with Gasteiger partial charge in [0, 0.05) is 12.1 Å². The molecule has 10 heteroatoms. The molecule has 0 radical (unpaired) electrons. The first-order chi connectivity index (χ1) is 13.0. The third-order valence-electron chi connectivity index (χ3n) is 4.04. The lowest BCUT2D eigenvalue weighted by Crippen LogP contribution is -2.42. The van der Waals surface area contributed by atoms with Gasteiger partial charge in [-0.25, -0.2) is 14.4 Å². The lowest BCUT2D eigenvalue weighted by Gasteiger charge is -2.30. The van der Waals surface area contributed by atoms with Crippen molar-refractivity contribution in [3.63, 3.8) is 0 Å². The van der Waals surface area contributed by atoms with Gasteiger partial charge in [-0.15, -0.1) is 0 Å². The van der Waals surface area contributed by atoms with Gasteiger partial charge in [0.1, 0.15) is 11.6 Å². The first-order valence-electron chi connectivity index (χ1n) is 8.69. The minimum absolute atomic E-state index is 0.0892. The number of carboxylic acids is 1. The number of para-hydroxylation sites is 1. The number of likely N-dealkylation sites (tertiary alicyclic amines) is 1. The van der Waals surface area contributed by atoms with Crippen LogP contribution in [0.3, 0.4) is 0 Å². The van der Waals surface area contributed by atoms with Crippen molar-refractivity contribution in [2.45, 2.75) is 51.4 Å². The Morgan fingerprint density at radius 2 is 1.93 bits per heavy atom. The second-order valence-electron chi connectivity index (χ2n) is 7.32. The van der Waals surface area contributed by atoms with Gasteiger partial charge in [-0.05, 0) is 39.7 Å². The Bertz CT molecular complexity index is 743. The minimum Gasteiger partial charge on any atom is -0.733 e. The van der Waals surface area contributed by atoms with E-state index in [1.165, 1.54) is 24.3 Å². The van der Waals surface area contributed by atoms with Crippen LogP contribution in [0, 0.1) is 5.21 Å². The van der Waals surface area contributed by atoms with Crippen LogP contribution in [0.5, 0.6) is 0 Å². The lowest BCUT2D eigenvalue weighted by molar-refractivity contribution is -0.166. The summed E-state index contributed by atoms with van der Waals surface area (Å²) in [6.45, 7) is 5.00. The zero-order valence-electron chi connectivity index (χ0n) is 15.8. The van der Waals surface area contributed by atoms with Crippen molar-refractivity contribution in [2.24, 2.45) is 0 Å². The van der Waals surface area contributed by atoms with Crippen LogP contribution < -0.4 is 5.23 Å². The highest BCUT2D eigenvalue weighted by Crippen LogP contribution is 2.31. The summed E-state index contributed by atoms with van der Waals surface area (Å²) in [4.78, 5) is 37.6. The van der Waals surface area contributed by atoms with Gasteiger partial charge in [-0.3, -0.25) is 10.1 Å². The fourth-order valence-electron chi connectivity index (χ4n) is 2.89. The van der Waals surface area contributed by atoms with Crippen LogP contribution in [-0.2, 0) is 19.1 Å². The number of hydrogen-bond acceptors (Lipinski definition) is 8. The predicted octanol–water partition coefficient (Wildman–Crippen LogP) is 2.45. The van der Waals surface area contributed by atoms with Crippen molar-refractivity contribution in [2.75, 3.05) is 11.8 Å². The van der Waals surface area contributed by atoms with Crippen molar-refractivity contribution in [3.05, 3.63) is 35.0 Å². The largest absolute Gasteiger partial charge is 0.733 e. The highest BCUT2D eigenvalue weighted by molar-refractivity contribution is 5.85. The molecule has 2 atom stereocenters. The van der Waals surface area contributed by atoms with Crippen LogP contribution in [0.25, 0.3) is 0 Å². The third-order valence-corrected chi connectivity index (χ3v) is 4.04. The van der Waals surface area contributed by atoms with Gasteiger partial charge in [0.15, 0.2) is 0 Å². The molecule has 0 saturated carbocycles. The number of aliphatic carboxylic acids is 1. The van der Waals surface area contributed by atoms with E-state index in [9.17, 15) is 29.9 Å². The summed E-state index contributed by atoms with van der Waals surface area (Å²) in [5.74, 6) is -2.13. The molecule has 0 aromatic heterocycles. The maximum absolute atomic E-state index is 12.7. The summed E-state index contributed by atoms with van der Waals surface area (Å²) >= 11 is 0. The monoisotopic (exact) mass is 395 g/mol. The molecule has 154 valence electrons. The molecule has 10 nitrogen and oxygen atoms in total. The molecule has 1 saturated heterocycles. The van der Waals surface area contributed by atoms with E-state index in [1.807, 2.05) is 0 Å². The second kappa shape index (κ2) is 8.44. The molecular weight excluding hydrogens is 372 g/mol. The van der Waals surface area contributed by atoms with E-state index < -0.39 is 41.0 Å². The van der Waals surface area contributed by atoms with E-state index in [1.54, 1.807) is 20.8 Å². The SMILES string of the molecule is CC(C)(C)OC(=O)C(OC(=O)N1CCC[C@@H]1C(=O)O)c1ccccc1N([O-])O. The molecule has 1 aliphatic rings. The molecule has 0 bridgehead atoms. The maximum Gasteiger partial charge on any atom is 0.411 e. The Morgan fingerprint density at radius 3 is 2.50 bits per heavy atom. The second-order valence-corrected chi connectivity index (χ2v) is 7.32. The quantitative estimate of drug-likeness (QED) is 0.568. The van der Waals surface area contributed by atoms with E-state index in [0.717, 1.165) is 4.90 Å². The van der Waals surface area contributed by atoms with E-state index in [4.69, 9.17) is 9.47 Å². The number of carboxylic acid groups (broad SMARTS) is 1. The van der Waals surface area contributed by atoms with Crippen molar-refractivity contribution in [1.29, 1.82) is 0 Å². The van der Waals surface area contributed by atoms with Crippen LogP contribution in [0.4, 0.5) is 10.5 Å². The molecule has 2 N–H and O–H groups in total. The van der Waals surface area contributed by atoms with Gasteiger partial charge in [-0.2, -0.15) is 0 Å². The fraction of sp³-hybridized carbons (Fsp3) is 0.500. The van der Waals surface area contributed by atoms with Crippen LogP contribution in [0.2, 0.25) is 0 Å². The summed E-state index contributed by atoms with van der Waals surface area (Å²) in [6.07, 6.45) is -1.94. The first-order valence-corrected chi connectivity index (χ1v) is 8.69. The number of rotatable bonds is 5. The number of benzene rings is 1. The fourth-order valence-corrected chi connectivity index (χ4v) is 2.89. The Kier molecular flexibility index (Phi) is 6.47. The number of amides is 1. The number of carbonyl (C=O) groups excluding carboxylic acids is 2. The normalized spacial score (nSPS) is 17.8. The van der Waals surface area contributed by atoms with Crippen LogP contribution in [-0.4, -0.2) is 51.4 Å². The molecule has 0 spiro atoms. The van der Waals surface area contributed by atoms with Gasteiger partial charge < -0.3 is 25.0 Å². The highest BCUT2D eigenvalue weighted by Gasteiger charge is 2.39. The summed E-state index contributed by atoms with van der Waals surface area (Å²) in [6, 6.07) is 4.45. The number of nitrogens with zero attached hydrogens (tertiary/aromatic N) is 2. The van der Waals surface area contributed by atoms with E-state index in [0.29, 0.717) is 6.42 Å². The zero-order valence-corrected chi connectivity index (χ0v) is 15.8. The number of carbonyl (C=O) groups is 3. The Morgan fingerprint density at radius 1 is 1.29 bits per heavy atom. The Labute approximate surface area is 161 Å². The molecule has 1 amide bonds. The van der Waals surface area contributed by atoms with Gasteiger partial charge >= 0.3 is 18.0 Å². The van der Waals surface area contributed by atoms with Gasteiger partial charge in [0.25, 0.3) is 0 Å². The Balaban J connectivity index is 2.35. The molecule has 1 unspecified atom stereocenters. The van der Waals surface area contributed by atoms with Crippen molar-refractivity contribution >= 4 is 23.7 Å². The summed E-state index contributed by atoms with van der Waals surface area (Å²) in [5.41, 5.74) is -1.30. The standard InChI is InChI=1S/C18H23N2O8/c1-18(2,3)28-16(23)14(11-7-4-5-8-12(11)20(25)26)27-17(24)19-10-6-9-13(19)15(21)22/h4-5,7-8,13-14,25H,6,9-10H2,1-3H3,(H,21,22)/q-1/t13-,14?/m1/s1. The topological polar surface area (TPSA) is 140 Å². The molecule has 1 heterocycles. The van der Waals surface area contributed by atoms with Gasteiger partial charge in [-0.1, -0.05) is 18.2 Å². The lowest BCUT2D eigenvalue weighted by atomic mass is 10.1. The van der Waals surface area contributed by atoms with Crippen molar-refractivity contribution in [1.82, 2.24) is 4.90 Å². The summed E-state index contributed by atoms with van der Waals surface area (Å²) in [5, 5.41) is 29.6. The Hall–Kier alpha value is -2.85. The molecule has 1 aliphatic heterocycles. The van der Waals surface area contributed by atoms with E-state index in [-0.39, 0.29) is 24.2 Å². The summed E-state index contributed by atoms with van der Waals surface area (Å²) < 4.78 is 10.5. The molecule has 0 aliphatic carbocycles. The molecule has 2 rings (SSSR count). The van der Waals surface area contributed by atoms with E-state index in [2.05, 4.69) is 0 Å². The van der Waals surface area contributed by atoms with Crippen molar-refractivity contribution in [3.8, 4) is 0 Å². The molecule has 1 aromatic carbocycles. The maximum atomic E-state index is 12.7.